The van der Waals surface area contributed by atoms with E-state index in [1.54, 1.807) is 0 Å². The molecule has 0 heterocycles. The van der Waals surface area contributed by atoms with Crippen molar-refractivity contribution in [1.82, 2.24) is 0 Å². The Kier molecular flexibility index (Phi) is 4.20. The Labute approximate surface area is 118 Å². The molecule has 21 heavy (non-hydrogen) atoms. The Bertz CT molecular complexity index is 680. The van der Waals surface area contributed by atoms with Gasteiger partial charge in [-0.1, -0.05) is 0 Å². The molecular formula is C13H10N4O4. The van der Waals surface area contributed by atoms with Gasteiger partial charge in [0.15, 0.2) is 5.69 Å². The molecule has 0 radical (unpaired) electrons. The third kappa shape index (κ3) is 3.60. The molecule has 2 rings (SSSR count). The molecule has 0 atom stereocenters. The first-order valence-corrected chi connectivity index (χ1v) is 5.81. The Morgan fingerprint density at radius 1 is 1.10 bits per heavy atom. The molecule has 0 spiro atoms. The van der Waals surface area contributed by atoms with Crippen LogP contribution in [0.2, 0.25) is 0 Å². The molecule has 0 fully saturated rings. The normalized spacial score (nSPS) is 11.0. The van der Waals surface area contributed by atoms with Crippen molar-refractivity contribution in [1.29, 1.82) is 0 Å². The van der Waals surface area contributed by atoms with E-state index in [1.807, 2.05) is 0 Å². The van der Waals surface area contributed by atoms with Gasteiger partial charge in [-0.3, -0.25) is 0 Å². The third-order valence-corrected chi connectivity index (χ3v) is 2.58. The van der Waals surface area contributed by atoms with Gasteiger partial charge in [-0.15, -0.1) is 15.2 Å². The number of carbonyl (C=O) groups is 1. The molecule has 0 aliphatic rings. The summed E-state index contributed by atoms with van der Waals surface area (Å²) >= 11 is 0. The smallest absolute Gasteiger partial charge is 0.335 e. The molecule has 0 amide bonds. The lowest BCUT2D eigenvalue weighted by Gasteiger charge is -2.05. The molecular weight excluding hydrogens is 276 g/mol. The monoisotopic (exact) mass is 286 g/mol. The van der Waals surface area contributed by atoms with E-state index in [0.717, 1.165) is 0 Å². The van der Waals surface area contributed by atoms with Crippen molar-refractivity contribution in [2.45, 2.75) is 0 Å². The van der Waals surface area contributed by atoms with Gasteiger partial charge in [0.2, 0.25) is 0 Å². The van der Waals surface area contributed by atoms with Gasteiger partial charge in [0.25, 0.3) is 0 Å². The van der Waals surface area contributed by atoms with E-state index < -0.39 is 5.97 Å². The number of aromatic carboxylic acids is 1. The second kappa shape index (κ2) is 6.24. The minimum Gasteiger partial charge on any atom is -0.691 e. The minimum absolute atomic E-state index is 0.136. The SMILES string of the molecule is O=Nc1ccc([N+]([O-])=NNc2ccc(C(=O)O)cc2)cc1. The Morgan fingerprint density at radius 2 is 1.71 bits per heavy atom. The van der Waals surface area contributed by atoms with Crippen LogP contribution in [-0.4, -0.2) is 15.9 Å². The fraction of sp³-hybridized carbons (Fsp3) is 0. The molecule has 0 saturated carbocycles. The first-order valence-electron chi connectivity index (χ1n) is 5.81. The van der Waals surface area contributed by atoms with Crippen LogP contribution in [0, 0.1) is 10.1 Å². The summed E-state index contributed by atoms with van der Waals surface area (Å²) in [7, 11) is 0. The highest BCUT2D eigenvalue weighted by molar-refractivity contribution is 5.87. The predicted octanol–water partition coefficient (Wildman–Crippen LogP) is 3.40. The van der Waals surface area contributed by atoms with Gasteiger partial charge in [-0.2, -0.15) is 0 Å². The highest BCUT2D eigenvalue weighted by atomic mass is 16.5. The fourth-order valence-corrected chi connectivity index (χ4v) is 1.49. The van der Waals surface area contributed by atoms with Crippen LogP contribution in [0.5, 0.6) is 0 Å². The van der Waals surface area contributed by atoms with E-state index in [-0.39, 0.29) is 16.9 Å². The second-order valence-corrected chi connectivity index (χ2v) is 3.97. The van der Waals surface area contributed by atoms with E-state index in [4.69, 9.17) is 5.11 Å². The maximum absolute atomic E-state index is 11.7. The highest BCUT2D eigenvalue weighted by Gasteiger charge is 2.04. The minimum atomic E-state index is -1.03. The molecule has 0 unspecified atom stereocenters. The standard InChI is InChI=1S/C13H10N4O4/c18-13(19)9-1-3-10(4-2-9)14-16-17(21)12-7-5-11(15-20)6-8-12/h1-8,14H,(H,18,19). The zero-order valence-electron chi connectivity index (χ0n) is 10.6. The highest BCUT2D eigenvalue weighted by Crippen LogP contribution is 2.18. The van der Waals surface area contributed by atoms with Gasteiger partial charge in [-0.25, -0.2) is 4.79 Å². The van der Waals surface area contributed by atoms with Crippen LogP contribution in [0.4, 0.5) is 17.1 Å². The molecule has 0 aliphatic carbocycles. The van der Waals surface area contributed by atoms with Crippen LogP contribution in [-0.2, 0) is 0 Å². The number of nitroso groups, excluding NO2 is 1. The van der Waals surface area contributed by atoms with E-state index in [9.17, 15) is 14.9 Å². The van der Waals surface area contributed by atoms with Crippen LogP contribution in [0.3, 0.4) is 0 Å². The summed E-state index contributed by atoms with van der Waals surface area (Å²) in [5.74, 6) is -1.03. The van der Waals surface area contributed by atoms with E-state index in [2.05, 4.69) is 15.8 Å². The lowest BCUT2D eigenvalue weighted by molar-refractivity contribution is -0.439. The largest absolute Gasteiger partial charge is 0.691 e. The second-order valence-electron chi connectivity index (χ2n) is 3.97. The molecule has 2 aromatic carbocycles. The predicted molar refractivity (Wildman–Crippen MR) is 74.6 cm³/mol. The lowest BCUT2D eigenvalue weighted by Crippen LogP contribution is -1.99. The molecule has 0 bridgehead atoms. The average molecular weight is 286 g/mol. The first-order chi connectivity index (χ1) is 10.1. The molecule has 0 aliphatic heterocycles. The van der Waals surface area contributed by atoms with Crippen LogP contribution in [0.15, 0.2) is 58.9 Å². The molecule has 8 nitrogen and oxygen atoms in total. The number of nitrogens with zero attached hydrogens (tertiary/aromatic N) is 3. The van der Waals surface area contributed by atoms with Gasteiger partial charge in [-0.05, 0) is 53.7 Å². The maximum Gasteiger partial charge on any atom is 0.335 e. The summed E-state index contributed by atoms with van der Waals surface area (Å²) in [6.07, 6.45) is 0. The number of carboxylic acids is 1. The summed E-state index contributed by atoms with van der Waals surface area (Å²) in [6, 6.07) is 11.3. The average Bonchev–Trinajstić information content (AvgIpc) is 2.53. The van der Waals surface area contributed by atoms with Crippen molar-refractivity contribution in [3.05, 3.63) is 64.2 Å². The fourth-order valence-electron chi connectivity index (χ4n) is 1.49. The number of rotatable bonds is 5. The molecule has 2 N–H and O–H groups in total. The summed E-state index contributed by atoms with van der Waals surface area (Å²) in [5, 5.41) is 26.7. The lowest BCUT2D eigenvalue weighted by atomic mass is 10.2. The van der Waals surface area contributed by atoms with Gasteiger partial charge < -0.3 is 10.3 Å². The van der Waals surface area contributed by atoms with Crippen LogP contribution in [0.25, 0.3) is 0 Å². The summed E-state index contributed by atoms with van der Waals surface area (Å²) in [4.78, 5) is 21.3. The van der Waals surface area contributed by atoms with Crippen molar-refractivity contribution in [3.8, 4) is 0 Å². The van der Waals surface area contributed by atoms with E-state index in [1.165, 1.54) is 48.5 Å². The van der Waals surface area contributed by atoms with Crippen LogP contribution in [0.1, 0.15) is 10.4 Å². The number of anilines is 1. The zero-order chi connectivity index (χ0) is 15.2. The topological polar surface area (TPSA) is 117 Å². The van der Waals surface area contributed by atoms with Crippen LogP contribution >= 0.6 is 0 Å². The third-order valence-electron chi connectivity index (χ3n) is 2.58. The molecule has 0 saturated heterocycles. The number of hydrogen-bond acceptors (Lipinski definition) is 5. The van der Waals surface area contributed by atoms with Gasteiger partial charge in [0, 0.05) is 0 Å². The number of nitrogens with one attached hydrogen (secondary N) is 1. The summed E-state index contributed by atoms with van der Waals surface area (Å²) in [5.41, 5.74) is 3.53. The van der Waals surface area contributed by atoms with Crippen molar-refractivity contribution in [3.63, 3.8) is 0 Å². The molecule has 8 heteroatoms. The zero-order valence-corrected chi connectivity index (χ0v) is 10.6. The Balaban J connectivity index is 2.08. The van der Waals surface area contributed by atoms with Crippen molar-refractivity contribution >= 4 is 23.0 Å². The van der Waals surface area contributed by atoms with Gasteiger partial charge in [0.05, 0.1) is 10.8 Å². The quantitative estimate of drug-likeness (QED) is 0.378. The summed E-state index contributed by atoms with van der Waals surface area (Å²) < 4.78 is 0. The van der Waals surface area contributed by atoms with E-state index in [0.29, 0.717) is 10.5 Å². The molecule has 2 aromatic rings. The van der Waals surface area contributed by atoms with E-state index >= 15 is 0 Å². The van der Waals surface area contributed by atoms with Crippen molar-refractivity contribution in [2.24, 2.45) is 10.4 Å². The van der Waals surface area contributed by atoms with Gasteiger partial charge in [0.1, 0.15) is 11.4 Å². The number of carboxylic acid groups (broad SMARTS) is 1. The van der Waals surface area contributed by atoms with Crippen molar-refractivity contribution in [2.75, 3.05) is 5.43 Å². The Morgan fingerprint density at radius 3 is 2.24 bits per heavy atom. The number of hydrogen-bond donors (Lipinski definition) is 2. The van der Waals surface area contributed by atoms with Gasteiger partial charge >= 0.3 is 5.97 Å². The Hall–Kier alpha value is -3.29. The number of benzene rings is 2. The van der Waals surface area contributed by atoms with Crippen LogP contribution < -0.4 is 5.43 Å². The summed E-state index contributed by atoms with van der Waals surface area (Å²) in [6.45, 7) is 0. The molecule has 106 valence electrons. The molecule has 0 aromatic heterocycles. The first kappa shape index (κ1) is 14.1. The maximum atomic E-state index is 11.7. The van der Waals surface area contributed by atoms with Crippen molar-refractivity contribution < 1.29 is 14.8 Å².